The van der Waals surface area contributed by atoms with Gasteiger partial charge in [-0.05, 0) is 33.4 Å². The molecule has 2 aliphatic rings. The van der Waals surface area contributed by atoms with Gasteiger partial charge < -0.3 is 0 Å². The maximum atomic E-state index is 6.73. The highest BCUT2D eigenvalue weighted by Gasteiger charge is 2.33. The van der Waals surface area contributed by atoms with Crippen molar-refractivity contribution in [3.8, 4) is 0 Å². The van der Waals surface area contributed by atoms with Crippen molar-refractivity contribution in [3.05, 3.63) is 81.9 Å². The molecule has 110 valence electrons. The van der Waals surface area contributed by atoms with Crippen LogP contribution >= 0.6 is 27.5 Å². The number of rotatable bonds is 2. The van der Waals surface area contributed by atoms with E-state index in [1.54, 1.807) is 0 Å². The summed E-state index contributed by atoms with van der Waals surface area (Å²) in [6, 6.07) is 17.0. The minimum atomic E-state index is -0.0180. The zero-order valence-electron chi connectivity index (χ0n) is 12.3. The quantitative estimate of drug-likeness (QED) is 0.526. The third kappa shape index (κ3) is 2.11. The molecule has 0 saturated carbocycles. The second kappa shape index (κ2) is 5.40. The Labute approximate surface area is 144 Å². The van der Waals surface area contributed by atoms with Crippen LogP contribution in [0.5, 0.6) is 0 Å². The van der Waals surface area contributed by atoms with Crippen molar-refractivity contribution in [2.24, 2.45) is 5.92 Å². The van der Waals surface area contributed by atoms with E-state index in [2.05, 4.69) is 83.5 Å². The number of fused-ring (bicyclic) bond motifs is 2. The molecule has 2 aliphatic carbocycles. The minimum absolute atomic E-state index is 0.0180. The standard InChI is InChI=1S/C20H16BrCl/c1-12(17-10-13-6-2-4-8-15(13)19(17)21)18-11-14-7-3-5-9-16(14)20(18)22/h2-12,19-20H,1H3. The third-order valence-electron chi connectivity index (χ3n) is 4.77. The first-order valence-electron chi connectivity index (χ1n) is 7.56. The van der Waals surface area contributed by atoms with Crippen molar-refractivity contribution in [1.82, 2.24) is 0 Å². The molecule has 0 nitrogen and oxygen atoms in total. The SMILES string of the molecule is CC(C1=Cc2ccccc2C1Cl)C1=Cc2ccccc2C1Br. The van der Waals surface area contributed by atoms with Crippen molar-refractivity contribution in [3.63, 3.8) is 0 Å². The summed E-state index contributed by atoms with van der Waals surface area (Å²) in [7, 11) is 0. The van der Waals surface area contributed by atoms with Gasteiger partial charge in [0.1, 0.15) is 0 Å². The Kier molecular flexibility index (Phi) is 3.51. The van der Waals surface area contributed by atoms with Crippen molar-refractivity contribution in [1.29, 1.82) is 0 Å². The van der Waals surface area contributed by atoms with Crippen molar-refractivity contribution < 1.29 is 0 Å². The van der Waals surface area contributed by atoms with Gasteiger partial charge in [0.25, 0.3) is 0 Å². The van der Waals surface area contributed by atoms with E-state index in [0.717, 1.165) is 0 Å². The summed E-state index contributed by atoms with van der Waals surface area (Å²) in [5, 5.41) is -0.0180. The lowest BCUT2D eigenvalue weighted by molar-refractivity contribution is 0.759. The Hall–Kier alpha value is -1.31. The molecule has 0 saturated heterocycles. The second-order valence-electron chi connectivity index (χ2n) is 5.99. The van der Waals surface area contributed by atoms with Gasteiger partial charge >= 0.3 is 0 Å². The normalized spacial score (nSPS) is 23.6. The monoisotopic (exact) mass is 370 g/mol. The van der Waals surface area contributed by atoms with Crippen LogP contribution in [0.2, 0.25) is 0 Å². The van der Waals surface area contributed by atoms with Gasteiger partial charge in [-0.1, -0.05) is 83.5 Å². The number of benzene rings is 2. The first-order chi connectivity index (χ1) is 10.7. The van der Waals surface area contributed by atoms with Gasteiger partial charge in [0.2, 0.25) is 0 Å². The lowest BCUT2D eigenvalue weighted by atomic mass is 9.90. The van der Waals surface area contributed by atoms with E-state index in [-0.39, 0.29) is 10.2 Å². The molecule has 0 aromatic heterocycles. The molecular weight excluding hydrogens is 356 g/mol. The van der Waals surface area contributed by atoms with Crippen molar-refractivity contribution in [2.45, 2.75) is 17.1 Å². The molecule has 0 aliphatic heterocycles. The first-order valence-corrected chi connectivity index (χ1v) is 8.91. The molecule has 0 fully saturated rings. The molecule has 0 heterocycles. The number of halogens is 2. The maximum absolute atomic E-state index is 6.73. The first kappa shape index (κ1) is 14.3. The molecule has 2 aromatic carbocycles. The van der Waals surface area contributed by atoms with E-state index in [0.29, 0.717) is 5.92 Å². The lowest BCUT2D eigenvalue weighted by Gasteiger charge is -2.21. The average molecular weight is 372 g/mol. The summed E-state index contributed by atoms with van der Waals surface area (Å²) in [5.41, 5.74) is 7.84. The van der Waals surface area contributed by atoms with Crippen molar-refractivity contribution >= 4 is 39.7 Å². The van der Waals surface area contributed by atoms with Gasteiger partial charge in [-0.15, -0.1) is 11.6 Å². The Morgan fingerprint density at radius 1 is 0.864 bits per heavy atom. The highest BCUT2D eigenvalue weighted by molar-refractivity contribution is 9.09. The Morgan fingerprint density at radius 2 is 1.41 bits per heavy atom. The number of allylic oxidation sites excluding steroid dienone is 2. The molecule has 3 unspecified atom stereocenters. The van der Waals surface area contributed by atoms with Crippen LogP contribution in [0.15, 0.2) is 59.7 Å². The summed E-state index contributed by atoms with van der Waals surface area (Å²) in [6.45, 7) is 2.26. The summed E-state index contributed by atoms with van der Waals surface area (Å²) < 4.78 is 0. The van der Waals surface area contributed by atoms with Gasteiger partial charge in [-0.2, -0.15) is 0 Å². The predicted molar refractivity (Wildman–Crippen MR) is 98.3 cm³/mol. The zero-order valence-corrected chi connectivity index (χ0v) is 14.6. The maximum Gasteiger partial charge on any atom is 0.0810 e. The highest BCUT2D eigenvalue weighted by atomic mass is 79.9. The Bertz CT molecular complexity index is 735. The van der Waals surface area contributed by atoms with Crippen LogP contribution in [0.3, 0.4) is 0 Å². The molecule has 4 rings (SSSR count). The van der Waals surface area contributed by atoms with E-state index in [9.17, 15) is 0 Å². The van der Waals surface area contributed by atoms with Gasteiger partial charge in [-0.3, -0.25) is 0 Å². The molecule has 2 aromatic rings. The van der Waals surface area contributed by atoms with Gasteiger partial charge in [0.15, 0.2) is 0 Å². The molecule has 0 N–H and O–H groups in total. The fourth-order valence-electron chi connectivity index (χ4n) is 3.49. The smallest absolute Gasteiger partial charge is 0.0810 e. The second-order valence-corrected chi connectivity index (χ2v) is 7.35. The summed E-state index contributed by atoms with van der Waals surface area (Å²) in [6.07, 6.45) is 4.58. The van der Waals surface area contributed by atoms with E-state index in [1.165, 1.54) is 33.4 Å². The summed E-state index contributed by atoms with van der Waals surface area (Å²) in [4.78, 5) is 0.284. The van der Waals surface area contributed by atoms with Crippen LogP contribution in [-0.4, -0.2) is 0 Å². The van der Waals surface area contributed by atoms with E-state index in [1.807, 2.05) is 0 Å². The fourth-order valence-corrected chi connectivity index (χ4v) is 4.89. The molecule has 0 bridgehead atoms. The largest absolute Gasteiger partial charge is 0.113 e. The van der Waals surface area contributed by atoms with Crippen molar-refractivity contribution in [2.75, 3.05) is 0 Å². The van der Waals surface area contributed by atoms with Gasteiger partial charge in [0.05, 0.1) is 10.2 Å². The predicted octanol–water partition coefficient (Wildman–Crippen LogP) is 6.53. The molecule has 0 radical (unpaired) electrons. The zero-order chi connectivity index (χ0) is 15.3. The van der Waals surface area contributed by atoms with Crippen LogP contribution in [0.4, 0.5) is 0 Å². The lowest BCUT2D eigenvalue weighted by Crippen LogP contribution is -2.07. The molecule has 22 heavy (non-hydrogen) atoms. The van der Waals surface area contributed by atoms with E-state index < -0.39 is 0 Å². The molecular formula is C20H16BrCl. The molecule has 0 amide bonds. The number of hydrogen-bond acceptors (Lipinski definition) is 0. The Morgan fingerprint density at radius 3 is 2.05 bits per heavy atom. The van der Waals surface area contributed by atoms with Crippen LogP contribution in [0.1, 0.15) is 39.4 Å². The molecule has 2 heteroatoms. The number of hydrogen-bond donors (Lipinski definition) is 0. The van der Waals surface area contributed by atoms with Crippen LogP contribution in [0.25, 0.3) is 12.2 Å². The van der Waals surface area contributed by atoms with Crippen LogP contribution in [-0.2, 0) is 0 Å². The number of alkyl halides is 2. The van der Waals surface area contributed by atoms with Crippen LogP contribution in [0, 0.1) is 5.92 Å². The summed E-state index contributed by atoms with van der Waals surface area (Å²) in [5.74, 6) is 0.326. The average Bonchev–Trinajstić information content (AvgIpc) is 3.06. The molecule has 0 spiro atoms. The van der Waals surface area contributed by atoms with E-state index >= 15 is 0 Å². The topological polar surface area (TPSA) is 0 Å². The van der Waals surface area contributed by atoms with E-state index in [4.69, 9.17) is 11.6 Å². The van der Waals surface area contributed by atoms with Crippen LogP contribution < -0.4 is 0 Å². The highest BCUT2D eigenvalue weighted by Crippen LogP contribution is 2.50. The van der Waals surface area contributed by atoms with Gasteiger partial charge in [-0.25, -0.2) is 0 Å². The summed E-state index contributed by atoms with van der Waals surface area (Å²) >= 11 is 10.6. The van der Waals surface area contributed by atoms with Gasteiger partial charge in [0, 0.05) is 5.92 Å². The fraction of sp³-hybridized carbons (Fsp3) is 0.200. The Balaban J connectivity index is 1.69. The minimum Gasteiger partial charge on any atom is -0.113 e. The third-order valence-corrected chi connectivity index (χ3v) is 6.28. The molecule has 3 atom stereocenters.